The van der Waals surface area contributed by atoms with Crippen molar-refractivity contribution < 1.29 is 28.5 Å². The lowest BCUT2D eigenvalue weighted by atomic mass is 10.3. The van der Waals surface area contributed by atoms with Gasteiger partial charge in [0.25, 0.3) is 0 Å². The molecule has 0 fully saturated rings. The van der Waals surface area contributed by atoms with E-state index in [9.17, 15) is 0 Å². The first-order valence-corrected chi connectivity index (χ1v) is 3.99. The molecule has 0 unspecified atom stereocenters. The van der Waals surface area contributed by atoms with Crippen molar-refractivity contribution in [3.63, 3.8) is 0 Å². The van der Waals surface area contributed by atoms with Crippen molar-refractivity contribution >= 4 is 6.08 Å². The average Bonchev–Trinajstić information content (AvgIpc) is 2.06. The van der Waals surface area contributed by atoms with E-state index in [0.717, 1.165) is 13.0 Å². The maximum absolute atomic E-state index is 3.75. The molecule has 0 radical (unpaired) electrons. The Labute approximate surface area is 91.1 Å². The summed E-state index contributed by atoms with van der Waals surface area (Å²) in [6.45, 7) is 7.00. The second kappa shape index (κ2) is 6.17. The molecule has 0 aromatic carbocycles. The van der Waals surface area contributed by atoms with Crippen molar-refractivity contribution in [3.05, 3.63) is 36.7 Å². The normalized spacial score (nSPS) is 8.75. The Kier molecular flexibility index (Phi) is 5.98. The Morgan fingerprint density at radius 3 is 2.83 bits per heavy atom. The minimum atomic E-state index is 0. The lowest BCUT2D eigenvalue weighted by Gasteiger charge is -1.96. The number of nitrogens with zero attached hydrogens (tertiary/aromatic N) is 1. The lowest BCUT2D eigenvalue weighted by molar-refractivity contribution is -0.698. The van der Waals surface area contributed by atoms with E-state index in [-0.39, 0.29) is 24.0 Å². The van der Waals surface area contributed by atoms with Crippen LogP contribution in [0.4, 0.5) is 0 Å². The van der Waals surface area contributed by atoms with Crippen LogP contribution >= 0.6 is 0 Å². The monoisotopic (exact) mass is 275 g/mol. The predicted molar refractivity (Wildman–Crippen MR) is 47.0 cm³/mol. The summed E-state index contributed by atoms with van der Waals surface area (Å²) in [6, 6.07) is 6.15. The molecule has 0 aliphatic carbocycles. The maximum Gasteiger partial charge on any atom is 0.204 e. The van der Waals surface area contributed by atoms with Gasteiger partial charge < -0.3 is 24.0 Å². The summed E-state index contributed by atoms with van der Waals surface area (Å²) in [5.41, 5.74) is 1.19. The van der Waals surface area contributed by atoms with Crippen LogP contribution in [0.5, 0.6) is 0 Å². The minimum Gasteiger partial charge on any atom is -1.00 e. The molecule has 1 nitrogen and oxygen atoms in total. The molecule has 0 spiro atoms. The zero-order chi connectivity index (χ0) is 8.10. The molecule has 1 aromatic rings. The standard InChI is InChI=1S/C10H14N.HI/c1-3-8-11-9-6-5-7-10(11)4-2;/h4-7,9H,2-3,8H2,1H3;1H/q+1;/p-1. The molecule has 1 rings (SSSR count). The molecule has 0 aliphatic rings. The molecule has 1 heterocycles. The minimum absolute atomic E-state index is 0. The van der Waals surface area contributed by atoms with Crippen LogP contribution in [0.1, 0.15) is 19.0 Å². The van der Waals surface area contributed by atoms with Crippen LogP contribution in [0.3, 0.4) is 0 Å². The van der Waals surface area contributed by atoms with Gasteiger partial charge in [-0.1, -0.05) is 13.5 Å². The quantitative estimate of drug-likeness (QED) is 0.494. The van der Waals surface area contributed by atoms with Crippen LogP contribution in [0.2, 0.25) is 0 Å². The van der Waals surface area contributed by atoms with Gasteiger partial charge in [0.2, 0.25) is 5.69 Å². The third-order valence-corrected chi connectivity index (χ3v) is 1.65. The molecule has 0 saturated heterocycles. The number of rotatable bonds is 3. The third-order valence-electron chi connectivity index (χ3n) is 1.65. The van der Waals surface area contributed by atoms with Crippen molar-refractivity contribution in [1.29, 1.82) is 0 Å². The molecular weight excluding hydrogens is 261 g/mol. The maximum atomic E-state index is 3.75. The highest BCUT2D eigenvalue weighted by Crippen LogP contribution is 1.92. The van der Waals surface area contributed by atoms with E-state index in [1.165, 1.54) is 5.69 Å². The highest BCUT2D eigenvalue weighted by atomic mass is 127. The van der Waals surface area contributed by atoms with E-state index in [0.29, 0.717) is 0 Å². The molecule has 2 heteroatoms. The fourth-order valence-corrected chi connectivity index (χ4v) is 1.12. The van der Waals surface area contributed by atoms with Crippen LogP contribution < -0.4 is 28.5 Å². The summed E-state index contributed by atoms with van der Waals surface area (Å²) in [6.07, 6.45) is 5.13. The summed E-state index contributed by atoms with van der Waals surface area (Å²) in [7, 11) is 0. The van der Waals surface area contributed by atoms with Crippen LogP contribution in [-0.2, 0) is 6.54 Å². The number of hydrogen-bond acceptors (Lipinski definition) is 0. The number of halogens is 1. The highest BCUT2D eigenvalue weighted by molar-refractivity contribution is 5.36. The number of hydrogen-bond donors (Lipinski definition) is 0. The molecule has 12 heavy (non-hydrogen) atoms. The van der Waals surface area contributed by atoms with Gasteiger partial charge in [-0.15, -0.1) is 0 Å². The van der Waals surface area contributed by atoms with Crippen LogP contribution in [0.15, 0.2) is 31.0 Å². The molecule has 0 atom stereocenters. The van der Waals surface area contributed by atoms with Gasteiger partial charge in [-0.05, 0) is 6.07 Å². The molecule has 1 aromatic heterocycles. The molecule has 66 valence electrons. The van der Waals surface area contributed by atoms with Gasteiger partial charge in [0.15, 0.2) is 6.20 Å². The lowest BCUT2D eigenvalue weighted by Crippen LogP contribution is -3.00. The zero-order valence-electron chi connectivity index (χ0n) is 7.33. The van der Waals surface area contributed by atoms with Gasteiger partial charge in [-0.2, -0.15) is 4.57 Å². The second-order valence-electron chi connectivity index (χ2n) is 2.52. The van der Waals surface area contributed by atoms with E-state index in [4.69, 9.17) is 0 Å². The molecule has 0 saturated carbocycles. The fraction of sp³-hybridized carbons (Fsp3) is 0.300. The Morgan fingerprint density at radius 2 is 2.25 bits per heavy atom. The summed E-state index contributed by atoms with van der Waals surface area (Å²) < 4.78 is 2.20. The third kappa shape index (κ3) is 2.93. The predicted octanol–water partition coefficient (Wildman–Crippen LogP) is -0.969. The van der Waals surface area contributed by atoms with Gasteiger partial charge in [0.1, 0.15) is 6.54 Å². The largest absolute Gasteiger partial charge is 1.00 e. The number of pyridine rings is 1. The highest BCUT2D eigenvalue weighted by Gasteiger charge is 2.01. The Morgan fingerprint density at radius 1 is 1.50 bits per heavy atom. The number of aromatic nitrogens is 1. The summed E-state index contributed by atoms with van der Waals surface area (Å²) in [5, 5.41) is 0. The van der Waals surface area contributed by atoms with E-state index in [1.54, 1.807) is 0 Å². The molecular formula is C10H14IN. The van der Waals surface area contributed by atoms with Crippen molar-refractivity contribution in [2.75, 3.05) is 0 Å². The summed E-state index contributed by atoms with van der Waals surface area (Å²) in [4.78, 5) is 0. The topological polar surface area (TPSA) is 3.88 Å². The van der Waals surface area contributed by atoms with Crippen LogP contribution in [0.25, 0.3) is 6.08 Å². The second-order valence-corrected chi connectivity index (χ2v) is 2.52. The van der Waals surface area contributed by atoms with E-state index in [2.05, 4.69) is 30.3 Å². The Bertz CT molecular complexity index is 245. The zero-order valence-corrected chi connectivity index (χ0v) is 9.49. The average molecular weight is 275 g/mol. The fourth-order valence-electron chi connectivity index (χ4n) is 1.12. The van der Waals surface area contributed by atoms with Gasteiger partial charge >= 0.3 is 0 Å². The van der Waals surface area contributed by atoms with Crippen molar-refractivity contribution in [3.8, 4) is 0 Å². The van der Waals surface area contributed by atoms with Crippen molar-refractivity contribution in [2.24, 2.45) is 0 Å². The summed E-state index contributed by atoms with van der Waals surface area (Å²) >= 11 is 0. The Hall–Kier alpha value is -0.380. The molecule has 0 N–H and O–H groups in total. The van der Waals surface area contributed by atoms with Gasteiger partial charge in [0.05, 0.1) is 0 Å². The SMILES string of the molecule is C=Cc1cccc[n+]1CCC.[I-]. The van der Waals surface area contributed by atoms with Crippen LogP contribution in [-0.4, -0.2) is 0 Å². The first-order chi connectivity index (χ1) is 5.38. The molecule has 0 amide bonds. The molecule has 0 bridgehead atoms. The Balaban J connectivity index is 0.00000121. The van der Waals surface area contributed by atoms with Gasteiger partial charge in [0, 0.05) is 24.6 Å². The van der Waals surface area contributed by atoms with E-state index < -0.39 is 0 Å². The summed E-state index contributed by atoms with van der Waals surface area (Å²) in [5.74, 6) is 0. The van der Waals surface area contributed by atoms with E-state index in [1.807, 2.05) is 18.2 Å². The van der Waals surface area contributed by atoms with Gasteiger partial charge in [-0.25, -0.2) is 0 Å². The van der Waals surface area contributed by atoms with Crippen molar-refractivity contribution in [1.82, 2.24) is 0 Å². The number of aryl methyl sites for hydroxylation is 1. The molecule has 0 aliphatic heterocycles. The van der Waals surface area contributed by atoms with Gasteiger partial charge in [-0.3, -0.25) is 0 Å². The van der Waals surface area contributed by atoms with E-state index >= 15 is 0 Å². The smallest absolute Gasteiger partial charge is 0.204 e. The first kappa shape index (κ1) is 11.6. The van der Waals surface area contributed by atoms with Crippen molar-refractivity contribution in [2.45, 2.75) is 19.9 Å². The van der Waals surface area contributed by atoms with Crippen LogP contribution in [0, 0.1) is 0 Å². The first-order valence-electron chi connectivity index (χ1n) is 3.99.